The fourth-order valence-electron chi connectivity index (χ4n) is 5.48. The van der Waals surface area contributed by atoms with E-state index < -0.39 is 42.8 Å². The number of H-pyrrole nitrogens is 1. The number of aryl methyl sites for hydroxylation is 1. The highest BCUT2D eigenvalue weighted by atomic mass is 32.1. The number of thiazole rings is 1. The number of hydrogen-bond acceptors (Lipinski definition) is 6. The molecule has 4 heterocycles. The highest BCUT2D eigenvalue weighted by molar-refractivity contribution is 7.18. The number of rotatable bonds is 9. The van der Waals surface area contributed by atoms with Gasteiger partial charge in [0, 0.05) is 42.6 Å². The fourth-order valence-corrected chi connectivity index (χ4v) is 6.42. The van der Waals surface area contributed by atoms with E-state index in [1.54, 1.807) is 6.92 Å². The largest absolute Gasteiger partial charge is 0.390 e. The lowest BCUT2D eigenvalue weighted by atomic mass is 9.88. The van der Waals surface area contributed by atoms with Gasteiger partial charge in [0.05, 0.1) is 35.0 Å². The average Bonchev–Trinajstić information content (AvgIpc) is 3.32. The van der Waals surface area contributed by atoms with Gasteiger partial charge in [-0.15, -0.1) is 11.3 Å². The molecule has 12 heteroatoms. The van der Waals surface area contributed by atoms with E-state index in [-0.39, 0.29) is 24.0 Å². The maximum absolute atomic E-state index is 15.6. The molecule has 1 saturated heterocycles. The molecule has 0 bridgehead atoms. The molecular formula is C25H30F5N5OS. The number of aliphatic hydroxyl groups is 1. The molecule has 0 spiro atoms. The molecule has 6 nitrogen and oxygen atoms in total. The van der Waals surface area contributed by atoms with E-state index in [0.717, 1.165) is 15.3 Å². The van der Waals surface area contributed by atoms with Gasteiger partial charge in [0.15, 0.2) is 0 Å². The number of fused-ring (bicyclic) bond motifs is 3. The Kier molecular flexibility index (Phi) is 7.20. The molecule has 3 aromatic rings. The normalized spacial score (nSPS) is 21.4. The minimum atomic E-state index is -3.45. The molecule has 2 aliphatic heterocycles. The summed E-state index contributed by atoms with van der Waals surface area (Å²) in [6.07, 6.45) is 0.850. The predicted octanol–water partition coefficient (Wildman–Crippen LogP) is 4.63. The molecule has 3 N–H and O–H groups in total. The zero-order valence-electron chi connectivity index (χ0n) is 20.6. The average molecular weight is 544 g/mol. The Morgan fingerprint density at radius 1 is 1.24 bits per heavy atom. The second-order valence-electron chi connectivity index (χ2n) is 10.1. The standard InChI is InChI=1S/C25H30F5N5OS/c1-13-6-17-21(33-24-23(17)37-14(2)31-24)22(35(13)11-25(29,30)12-36)20-18(27)7-15(8-19(20)28)32-16-9-34(10-16)5-3-4-26/h7-8,13,16,22,32-33,36H,3-6,9-12H2,1-2H3/t13-,22-/m0/s1. The fraction of sp³-hybridized carbons (Fsp3) is 0.560. The highest BCUT2D eigenvalue weighted by Gasteiger charge is 2.44. The SMILES string of the molecule is Cc1nc2[nH]c3c(c2s1)C[C@H](C)N(CC(F)(F)CO)[C@H]3c1c(F)cc(NC2CN(CCCF)C2)cc1F. The number of aromatic nitrogens is 2. The maximum Gasteiger partial charge on any atom is 0.283 e. The molecule has 0 amide bonds. The van der Waals surface area contributed by atoms with E-state index in [1.165, 1.54) is 28.4 Å². The first kappa shape index (κ1) is 26.3. The maximum atomic E-state index is 15.6. The van der Waals surface area contributed by atoms with Crippen molar-refractivity contribution in [2.75, 3.05) is 44.8 Å². The zero-order chi connectivity index (χ0) is 26.5. The molecule has 2 aliphatic rings. The van der Waals surface area contributed by atoms with Crippen LogP contribution in [0.5, 0.6) is 0 Å². The van der Waals surface area contributed by atoms with Crippen molar-refractivity contribution in [3.63, 3.8) is 0 Å². The first-order valence-electron chi connectivity index (χ1n) is 12.4. The van der Waals surface area contributed by atoms with Crippen molar-refractivity contribution in [1.82, 2.24) is 19.8 Å². The van der Waals surface area contributed by atoms with Crippen molar-refractivity contribution in [2.45, 2.75) is 50.7 Å². The number of anilines is 1. The van der Waals surface area contributed by atoms with Crippen LogP contribution in [0.1, 0.15) is 41.2 Å². The number of nitrogens with zero attached hydrogens (tertiary/aromatic N) is 3. The van der Waals surface area contributed by atoms with E-state index in [2.05, 4.69) is 20.2 Å². The van der Waals surface area contributed by atoms with Crippen molar-refractivity contribution in [3.8, 4) is 0 Å². The van der Waals surface area contributed by atoms with Crippen molar-refractivity contribution in [2.24, 2.45) is 0 Å². The van der Waals surface area contributed by atoms with E-state index in [9.17, 15) is 18.3 Å². The number of alkyl halides is 3. The minimum Gasteiger partial charge on any atom is -0.390 e. The summed E-state index contributed by atoms with van der Waals surface area (Å²) in [5.41, 5.74) is 1.78. The Balaban J connectivity index is 1.49. The zero-order valence-corrected chi connectivity index (χ0v) is 21.4. The second kappa shape index (κ2) is 10.1. The Labute approximate surface area is 215 Å². The van der Waals surface area contributed by atoms with E-state index in [4.69, 9.17) is 0 Å². The number of halogens is 5. The molecule has 1 aromatic carbocycles. The number of benzene rings is 1. The van der Waals surface area contributed by atoms with Crippen molar-refractivity contribution in [3.05, 3.63) is 45.6 Å². The van der Waals surface area contributed by atoms with Gasteiger partial charge in [-0.05, 0) is 44.4 Å². The quantitative estimate of drug-likeness (QED) is 0.344. The molecule has 37 heavy (non-hydrogen) atoms. The van der Waals surface area contributed by atoms with Gasteiger partial charge in [0.1, 0.15) is 23.9 Å². The number of nitrogens with one attached hydrogen (secondary N) is 2. The monoisotopic (exact) mass is 543 g/mol. The van der Waals surface area contributed by atoms with Crippen LogP contribution in [-0.4, -0.2) is 82.3 Å². The number of aromatic amines is 1. The third-order valence-corrected chi connectivity index (χ3v) is 8.22. The Morgan fingerprint density at radius 3 is 2.59 bits per heavy atom. The Hall–Kier alpha value is -2.28. The Bertz CT molecular complexity index is 1250. The van der Waals surface area contributed by atoms with Gasteiger partial charge >= 0.3 is 0 Å². The van der Waals surface area contributed by atoms with Crippen LogP contribution in [-0.2, 0) is 6.42 Å². The smallest absolute Gasteiger partial charge is 0.283 e. The summed E-state index contributed by atoms with van der Waals surface area (Å²) in [5, 5.41) is 13.2. The van der Waals surface area contributed by atoms with Gasteiger partial charge in [0.25, 0.3) is 5.92 Å². The van der Waals surface area contributed by atoms with Crippen LogP contribution >= 0.6 is 11.3 Å². The van der Waals surface area contributed by atoms with E-state index in [1.807, 2.05) is 6.92 Å². The van der Waals surface area contributed by atoms with Gasteiger partial charge in [-0.1, -0.05) is 0 Å². The first-order valence-corrected chi connectivity index (χ1v) is 13.2. The number of likely N-dealkylation sites (tertiary alicyclic amines) is 1. The van der Waals surface area contributed by atoms with Crippen LogP contribution in [0.3, 0.4) is 0 Å². The molecule has 0 radical (unpaired) electrons. The molecule has 5 rings (SSSR count). The van der Waals surface area contributed by atoms with Gasteiger partial charge in [0.2, 0.25) is 0 Å². The van der Waals surface area contributed by atoms with E-state index in [0.29, 0.717) is 43.8 Å². The van der Waals surface area contributed by atoms with Gasteiger partial charge in [-0.2, -0.15) is 0 Å². The minimum absolute atomic E-state index is 0.0187. The van der Waals surface area contributed by atoms with Crippen LogP contribution in [0.2, 0.25) is 0 Å². The molecular weight excluding hydrogens is 513 g/mol. The lowest BCUT2D eigenvalue weighted by Gasteiger charge is -2.42. The second-order valence-corrected chi connectivity index (χ2v) is 11.3. The predicted molar refractivity (Wildman–Crippen MR) is 133 cm³/mol. The number of aliphatic hydroxyl groups excluding tert-OH is 1. The van der Waals surface area contributed by atoms with Gasteiger partial charge < -0.3 is 15.4 Å². The van der Waals surface area contributed by atoms with Crippen molar-refractivity contribution < 1.29 is 27.1 Å². The molecule has 2 atom stereocenters. The van der Waals surface area contributed by atoms with Crippen LogP contribution in [0.15, 0.2) is 12.1 Å². The first-order chi connectivity index (χ1) is 17.6. The third-order valence-electron chi connectivity index (χ3n) is 7.19. The summed E-state index contributed by atoms with van der Waals surface area (Å²) in [6, 6.07) is 0.745. The highest BCUT2D eigenvalue weighted by Crippen LogP contribution is 2.44. The third kappa shape index (κ3) is 5.08. The molecule has 1 fully saturated rings. The lowest BCUT2D eigenvalue weighted by Crippen LogP contribution is -2.54. The Morgan fingerprint density at radius 2 is 1.95 bits per heavy atom. The van der Waals surface area contributed by atoms with Crippen LogP contribution < -0.4 is 5.32 Å². The van der Waals surface area contributed by atoms with Crippen LogP contribution in [0.4, 0.5) is 27.6 Å². The molecule has 202 valence electrons. The van der Waals surface area contributed by atoms with Gasteiger partial charge in [-0.3, -0.25) is 14.2 Å². The van der Waals surface area contributed by atoms with Crippen LogP contribution in [0, 0.1) is 18.6 Å². The summed E-state index contributed by atoms with van der Waals surface area (Å²) in [6.45, 7) is 2.91. The molecule has 0 saturated carbocycles. The van der Waals surface area contributed by atoms with E-state index >= 15 is 8.78 Å². The van der Waals surface area contributed by atoms with Crippen molar-refractivity contribution >= 4 is 27.4 Å². The molecule has 0 unspecified atom stereocenters. The van der Waals surface area contributed by atoms with Crippen molar-refractivity contribution in [1.29, 1.82) is 0 Å². The summed E-state index contributed by atoms with van der Waals surface area (Å²) < 4.78 is 73.3. The number of hydrogen-bond donors (Lipinski definition) is 3. The lowest BCUT2D eigenvalue weighted by molar-refractivity contribution is -0.0869. The summed E-state index contributed by atoms with van der Waals surface area (Å²) >= 11 is 1.45. The summed E-state index contributed by atoms with van der Waals surface area (Å²) in [5.74, 6) is -5.14. The summed E-state index contributed by atoms with van der Waals surface area (Å²) in [4.78, 5) is 11.0. The van der Waals surface area contributed by atoms with Crippen LogP contribution in [0.25, 0.3) is 10.3 Å². The molecule has 2 aromatic heterocycles. The summed E-state index contributed by atoms with van der Waals surface area (Å²) in [7, 11) is 0. The van der Waals surface area contributed by atoms with Gasteiger partial charge in [-0.25, -0.2) is 22.5 Å². The molecule has 0 aliphatic carbocycles. The topological polar surface area (TPSA) is 67.4 Å².